The van der Waals surface area contributed by atoms with Gasteiger partial charge in [0.05, 0.1) is 25.9 Å². The lowest BCUT2D eigenvalue weighted by Gasteiger charge is -2.51. The summed E-state index contributed by atoms with van der Waals surface area (Å²) in [4.78, 5) is 30.5. The molecule has 1 fully saturated rings. The second kappa shape index (κ2) is 12.4. The number of benzene rings is 3. The van der Waals surface area contributed by atoms with Gasteiger partial charge in [-0.25, -0.2) is 0 Å². The molecule has 0 aromatic heterocycles. The average molecular weight is 586 g/mol. The highest BCUT2D eigenvalue weighted by Crippen LogP contribution is 2.51. The number of rotatable bonds is 8. The lowest BCUT2D eigenvalue weighted by Crippen LogP contribution is -2.55. The van der Waals surface area contributed by atoms with Crippen LogP contribution in [0.15, 0.2) is 60.7 Å². The number of para-hydroxylation sites is 1. The molecule has 0 bridgehead atoms. The van der Waals surface area contributed by atoms with Gasteiger partial charge in [-0.1, -0.05) is 31.2 Å². The van der Waals surface area contributed by atoms with Crippen LogP contribution in [0.25, 0.3) is 0 Å². The molecule has 1 unspecified atom stereocenters. The second-order valence-corrected chi connectivity index (χ2v) is 12.3. The number of carbonyl (C=O) groups is 2. The largest absolute Gasteiger partial charge is 0.496 e. The third-order valence-corrected chi connectivity index (χ3v) is 8.73. The van der Waals surface area contributed by atoms with Gasteiger partial charge in [-0.3, -0.25) is 14.5 Å². The first-order valence-corrected chi connectivity index (χ1v) is 15.0. The quantitative estimate of drug-likeness (QED) is 0.360. The standard InChI is InChI=1S/C35H43N3O5/c1-24-8-7-9-29(32(24)41-6)33(40)36-27-12-15-31-30(22-27)35(5,23-34(3,4)38(31)25(2)39)26-10-13-28(14-11-26)43-21-18-37-16-19-42-20-17-37/h7-15,22H,16-21,23H2,1-6H3,(H,36,40). The fourth-order valence-corrected chi connectivity index (χ4v) is 6.81. The summed E-state index contributed by atoms with van der Waals surface area (Å²) in [5.74, 6) is 1.12. The van der Waals surface area contributed by atoms with E-state index in [4.69, 9.17) is 14.2 Å². The zero-order valence-electron chi connectivity index (χ0n) is 26.2. The molecule has 1 N–H and O–H groups in total. The number of carbonyl (C=O) groups excluding carboxylic acids is 2. The van der Waals surface area contributed by atoms with Gasteiger partial charge >= 0.3 is 0 Å². The molecule has 2 heterocycles. The molecule has 0 aliphatic carbocycles. The molecular formula is C35H43N3O5. The molecule has 43 heavy (non-hydrogen) atoms. The van der Waals surface area contributed by atoms with E-state index in [0.29, 0.717) is 30.0 Å². The highest BCUT2D eigenvalue weighted by Gasteiger charge is 2.47. The van der Waals surface area contributed by atoms with Gasteiger partial charge in [0.15, 0.2) is 0 Å². The van der Waals surface area contributed by atoms with Crippen LogP contribution >= 0.6 is 0 Å². The number of morpholine rings is 1. The minimum atomic E-state index is -0.432. The maximum Gasteiger partial charge on any atom is 0.259 e. The van der Waals surface area contributed by atoms with Gasteiger partial charge in [0.25, 0.3) is 5.91 Å². The minimum Gasteiger partial charge on any atom is -0.496 e. The van der Waals surface area contributed by atoms with E-state index >= 15 is 0 Å². The van der Waals surface area contributed by atoms with Gasteiger partial charge in [-0.05, 0) is 80.3 Å². The summed E-state index contributed by atoms with van der Waals surface area (Å²) < 4.78 is 17.0. The van der Waals surface area contributed by atoms with Gasteiger partial charge in [0.1, 0.15) is 18.1 Å². The van der Waals surface area contributed by atoms with Crippen LogP contribution in [0.2, 0.25) is 0 Å². The van der Waals surface area contributed by atoms with Crippen molar-refractivity contribution in [1.82, 2.24) is 4.90 Å². The van der Waals surface area contributed by atoms with E-state index in [9.17, 15) is 9.59 Å². The van der Waals surface area contributed by atoms with Crippen molar-refractivity contribution < 1.29 is 23.8 Å². The second-order valence-electron chi connectivity index (χ2n) is 12.3. The molecule has 2 aliphatic rings. The molecule has 1 atom stereocenters. The number of nitrogens with one attached hydrogen (secondary N) is 1. The first-order valence-electron chi connectivity index (χ1n) is 15.0. The van der Waals surface area contributed by atoms with Gasteiger partial charge < -0.3 is 24.4 Å². The normalized spacial score (nSPS) is 19.8. The Balaban J connectivity index is 1.44. The Morgan fingerprint density at radius 1 is 1.00 bits per heavy atom. The van der Waals surface area contributed by atoms with Crippen molar-refractivity contribution in [3.8, 4) is 11.5 Å². The van der Waals surface area contributed by atoms with Crippen LogP contribution in [-0.4, -0.2) is 68.8 Å². The number of anilines is 2. The van der Waals surface area contributed by atoms with E-state index in [-0.39, 0.29) is 11.8 Å². The lowest BCUT2D eigenvalue weighted by atomic mass is 9.65. The van der Waals surface area contributed by atoms with Crippen molar-refractivity contribution in [2.45, 2.75) is 52.0 Å². The SMILES string of the molecule is COc1c(C)cccc1C(=O)Nc1ccc2c(c1)C(C)(c1ccc(OCCN3CCOCC3)cc1)CC(C)(C)N2C(C)=O. The molecule has 3 aromatic rings. The molecule has 8 heteroatoms. The van der Waals surface area contributed by atoms with Crippen LogP contribution in [0.3, 0.4) is 0 Å². The van der Waals surface area contributed by atoms with E-state index in [2.05, 4.69) is 43.1 Å². The Labute approximate surface area is 254 Å². The molecule has 2 aliphatic heterocycles. The number of nitrogens with zero attached hydrogens (tertiary/aromatic N) is 2. The van der Waals surface area contributed by atoms with Gasteiger partial charge in [-0.2, -0.15) is 0 Å². The van der Waals surface area contributed by atoms with Crippen LogP contribution in [0.1, 0.15) is 61.2 Å². The van der Waals surface area contributed by atoms with Crippen LogP contribution < -0.4 is 19.7 Å². The van der Waals surface area contributed by atoms with Gasteiger partial charge in [-0.15, -0.1) is 0 Å². The van der Waals surface area contributed by atoms with E-state index in [0.717, 1.165) is 61.0 Å². The monoisotopic (exact) mass is 585 g/mol. The van der Waals surface area contributed by atoms with Crippen molar-refractivity contribution >= 4 is 23.2 Å². The number of fused-ring (bicyclic) bond motifs is 1. The maximum atomic E-state index is 13.4. The Morgan fingerprint density at radius 3 is 2.40 bits per heavy atom. The van der Waals surface area contributed by atoms with Crippen molar-refractivity contribution in [1.29, 1.82) is 0 Å². The summed E-state index contributed by atoms with van der Waals surface area (Å²) in [6.07, 6.45) is 0.701. The summed E-state index contributed by atoms with van der Waals surface area (Å²) in [6.45, 7) is 14.9. The predicted octanol–water partition coefficient (Wildman–Crippen LogP) is 5.81. The number of aryl methyl sites for hydroxylation is 1. The zero-order valence-corrected chi connectivity index (χ0v) is 26.2. The van der Waals surface area contributed by atoms with Crippen LogP contribution in [0.5, 0.6) is 11.5 Å². The number of hydrogen-bond acceptors (Lipinski definition) is 6. The molecule has 1 saturated heterocycles. The average Bonchev–Trinajstić information content (AvgIpc) is 2.97. The first kappa shape index (κ1) is 30.6. The third kappa shape index (κ3) is 6.26. The first-order chi connectivity index (χ1) is 20.5. The number of amides is 2. The molecule has 8 nitrogen and oxygen atoms in total. The molecule has 2 amide bonds. The summed E-state index contributed by atoms with van der Waals surface area (Å²) in [5.41, 5.74) is 4.11. The van der Waals surface area contributed by atoms with Crippen LogP contribution in [0.4, 0.5) is 11.4 Å². The van der Waals surface area contributed by atoms with E-state index in [1.54, 1.807) is 20.1 Å². The predicted molar refractivity (Wildman–Crippen MR) is 170 cm³/mol. The Morgan fingerprint density at radius 2 is 1.72 bits per heavy atom. The van der Waals surface area contributed by atoms with Crippen molar-refractivity contribution in [2.75, 3.05) is 56.8 Å². The third-order valence-electron chi connectivity index (χ3n) is 8.73. The molecule has 228 valence electrons. The Bertz CT molecular complexity index is 1480. The van der Waals surface area contributed by atoms with E-state index in [1.165, 1.54) is 0 Å². The Kier molecular flexibility index (Phi) is 8.81. The molecular weight excluding hydrogens is 542 g/mol. The van der Waals surface area contributed by atoms with Crippen molar-refractivity contribution in [3.05, 3.63) is 82.9 Å². The van der Waals surface area contributed by atoms with E-state index in [1.807, 2.05) is 54.3 Å². The maximum absolute atomic E-state index is 13.4. The van der Waals surface area contributed by atoms with Crippen molar-refractivity contribution in [3.63, 3.8) is 0 Å². The van der Waals surface area contributed by atoms with Gasteiger partial charge in [0, 0.05) is 48.9 Å². The molecule has 0 spiro atoms. The highest BCUT2D eigenvalue weighted by atomic mass is 16.5. The Hall–Kier alpha value is -3.88. The topological polar surface area (TPSA) is 80.3 Å². The minimum absolute atomic E-state index is 0.0152. The lowest BCUT2D eigenvalue weighted by molar-refractivity contribution is -0.117. The molecule has 0 radical (unpaired) electrons. The molecule has 3 aromatic carbocycles. The highest BCUT2D eigenvalue weighted by molar-refractivity contribution is 6.07. The fraction of sp³-hybridized carbons (Fsp3) is 0.429. The number of hydrogen-bond donors (Lipinski definition) is 1. The molecule has 5 rings (SSSR count). The summed E-state index contributed by atoms with van der Waals surface area (Å²) in [5, 5.41) is 3.07. The smallest absolute Gasteiger partial charge is 0.259 e. The fourth-order valence-electron chi connectivity index (χ4n) is 6.81. The van der Waals surface area contributed by atoms with Crippen LogP contribution in [0, 0.1) is 6.92 Å². The van der Waals surface area contributed by atoms with Gasteiger partial charge in [0.2, 0.25) is 5.91 Å². The summed E-state index contributed by atoms with van der Waals surface area (Å²) in [7, 11) is 1.57. The van der Waals surface area contributed by atoms with Crippen molar-refractivity contribution in [2.24, 2.45) is 0 Å². The van der Waals surface area contributed by atoms with Crippen LogP contribution in [-0.2, 0) is 14.9 Å². The molecule has 0 saturated carbocycles. The van der Waals surface area contributed by atoms with E-state index < -0.39 is 11.0 Å². The zero-order chi connectivity index (χ0) is 30.8. The summed E-state index contributed by atoms with van der Waals surface area (Å²) in [6, 6.07) is 19.6. The number of ether oxygens (including phenoxy) is 3. The summed E-state index contributed by atoms with van der Waals surface area (Å²) >= 11 is 0. The number of methoxy groups -OCH3 is 1.